The Kier molecular flexibility index (Phi) is 38.2. The Morgan fingerprint density at radius 3 is 1.47 bits per heavy atom. The predicted molar refractivity (Wildman–Crippen MR) is 324 cm³/mol. The number of hydrogen-bond acceptors (Lipinski definition) is 26. The van der Waals surface area contributed by atoms with Gasteiger partial charge in [-0.3, -0.25) is 33.6 Å². The number of amides is 1. The van der Waals surface area contributed by atoms with Gasteiger partial charge in [-0.15, -0.1) is 0 Å². The highest BCUT2D eigenvalue weighted by Gasteiger charge is 2.54. The molecule has 0 saturated carbocycles. The summed E-state index contributed by atoms with van der Waals surface area (Å²) in [7, 11) is 4.15. The van der Waals surface area contributed by atoms with Crippen LogP contribution < -0.4 is 5.32 Å². The molecule has 526 valence electrons. The van der Waals surface area contributed by atoms with Crippen LogP contribution in [0.3, 0.4) is 0 Å². The number of carbonyl (C=O) groups excluding carboxylic acids is 7. The molecule has 0 bridgehead atoms. The SMILES string of the molecule is CCCC[C@H](O[C@@H]1OC[C@@H](O)[C@H](O[C@@H]2OC[C@@H](O[C@@H]3OC[C@H](OC(C)=O)[C@H](OC(C)=O)[C@H]3OC(C)=O)[C@H](O)[C@H]2O)[C@H]1O[C@@H]1OC[C@H](OC(C)=O)[C@H](OC(C)=O)[C@H]1O)[C@@H](O)CCCCCCCC(=O)CCCCCCCCCCCCC(=O)NCCCCCN(C)C. The highest BCUT2D eigenvalue weighted by Crippen LogP contribution is 2.35. The van der Waals surface area contributed by atoms with Crippen molar-refractivity contribution in [3.05, 3.63) is 0 Å². The monoisotopic (exact) mass is 1310 g/mol. The fraction of sp³-hybridized carbons (Fsp3) is 0.891. The van der Waals surface area contributed by atoms with Gasteiger partial charge < -0.3 is 97.3 Å². The third-order valence-electron chi connectivity index (χ3n) is 16.3. The number of aliphatic hydroxyl groups excluding tert-OH is 5. The van der Waals surface area contributed by atoms with Crippen molar-refractivity contribution in [2.24, 2.45) is 0 Å². The normalized spacial score (nSPS) is 29.2. The van der Waals surface area contributed by atoms with E-state index in [9.17, 15) is 59.1 Å². The van der Waals surface area contributed by atoms with E-state index >= 15 is 0 Å². The van der Waals surface area contributed by atoms with Gasteiger partial charge in [0.05, 0.1) is 38.6 Å². The Balaban J connectivity index is 1.29. The number of aliphatic hydroxyl groups is 5. The van der Waals surface area contributed by atoms with Gasteiger partial charge in [-0.2, -0.15) is 0 Å². The second-order valence-electron chi connectivity index (χ2n) is 24.7. The summed E-state index contributed by atoms with van der Waals surface area (Å²) in [6, 6.07) is 0. The first-order valence-electron chi connectivity index (χ1n) is 33.3. The number of unbranched alkanes of at least 4 members (excludes halogenated alkanes) is 16. The zero-order valence-corrected chi connectivity index (χ0v) is 55.2. The van der Waals surface area contributed by atoms with Crippen LogP contribution in [0.2, 0.25) is 0 Å². The topological polar surface area (TPSA) is 356 Å². The van der Waals surface area contributed by atoms with E-state index in [0.29, 0.717) is 44.9 Å². The second-order valence-corrected chi connectivity index (χ2v) is 24.7. The molecule has 0 spiro atoms. The molecule has 0 aliphatic carbocycles. The first-order valence-corrected chi connectivity index (χ1v) is 33.3. The Labute approximate surface area is 537 Å². The Morgan fingerprint density at radius 1 is 0.451 bits per heavy atom. The quantitative estimate of drug-likeness (QED) is 0.0279. The summed E-state index contributed by atoms with van der Waals surface area (Å²) < 4.78 is 75.4. The maximum absolute atomic E-state index is 12.7. The molecule has 91 heavy (non-hydrogen) atoms. The maximum Gasteiger partial charge on any atom is 0.303 e. The number of nitrogens with one attached hydrogen (secondary N) is 1. The molecule has 4 aliphatic heterocycles. The van der Waals surface area contributed by atoms with Gasteiger partial charge in [0.15, 0.2) is 55.7 Å². The van der Waals surface area contributed by atoms with Crippen molar-refractivity contribution in [1.29, 1.82) is 0 Å². The van der Waals surface area contributed by atoms with Gasteiger partial charge in [-0.25, -0.2) is 0 Å². The number of ketones is 1. The molecule has 0 unspecified atom stereocenters. The van der Waals surface area contributed by atoms with Crippen molar-refractivity contribution in [3.63, 3.8) is 0 Å². The van der Waals surface area contributed by atoms with Crippen LogP contribution in [0.15, 0.2) is 0 Å². The number of carbonyl (C=O) groups is 7. The first-order chi connectivity index (χ1) is 43.5. The zero-order valence-electron chi connectivity index (χ0n) is 55.2. The first kappa shape index (κ1) is 79.4. The van der Waals surface area contributed by atoms with Crippen LogP contribution in [0.1, 0.15) is 202 Å². The van der Waals surface area contributed by atoms with Crippen LogP contribution in [0, 0.1) is 0 Å². The summed E-state index contributed by atoms with van der Waals surface area (Å²) in [4.78, 5) is 87.6. The number of hydrogen-bond donors (Lipinski definition) is 6. The Hall–Kier alpha value is -4.07. The summed E-state index contributed by atoms with van der Waals surface area (Å²) in [6.07, 6.45) is -5.09. The lowest BCUT2D eigenvalue weighted by molar-refractivity contribution is -0.379. The molecule has 4 heterocycles. The second kappa shape index (κ2) is 43.8. The highest BCUT2D eigenvalue weighted by atomic mass is 16.8. The third kappa shape index (κ3) is 30.0. The van der Waals surface area contributed by atoms with Crippen molar-refractivity contribution >= 4 is 41.5 Å². The molecule has 0 aromatic rings. The molecule has 27 heteroatoms. The molecular weight excluding hydrogens is 1200 g/mol. The molecule has 4 rings (SSSR count). The van der Waals surface area contributed by atoms with Crippen LogP contribution >= 0.6 is 0 Å². The lowest BCUT2D eigenvalue weighted by Crippen LogP contribution is -2.65. The van der Waals surface area contributed by atoms with Crippen molar-refractivity contribution in [3.8, 4) is 0 Å². The third-order valence-corrected chi connectivity index (χ3v) is 16.3. The van der Waals surface area contributed by atoms with Crippen LogP contribution in [-0.4, -0.2) is 236 Å². The molecule has 4 aliphatic rings. The fourth-order valence-electron chi connectivity index (χ4n) is 11.5. The average molecular weight is 1310 g/mol. The fourth-order valence-corrected chi connectivity index (χ4v) is 11.5. The molecular formula is C64H110N2O25. The summed E-state index contributed by atoms with van der Waals surface area (Å²) in [5.74, 6) is -3.54. The lowest BCUT2D eigenvalue weighted by atomic mass is 9.99. The van der Waals surface area contributed by atoms with Gasteiger partial charge in [-0.05, 0) is 65.6 Å². The number of Topliss-reactive ketones (excluding diaryl/α,β-unsaturated/α-hetero) is 1. The minimum atomic E-state index is -1.95. The van der Waals surface area contributed by atoms with Crippen LogP contribution in [0.4, 0.5) is 0 Å². The number of ether oxygens (including phenoxy) is 13. The smallest absolute Gasteiger partial charge is 0.303 e. The molecule has 0 radical (unpaired) electrons. The average Bonchev–Trinajstić information content (AvgIpc) is 0.875. The van der Waals surface area contributed by atoms with E-state index < -0.39 is 167 Å². The molecule has 27 nitrogen and oxygen atoms in total. The lowest BCUT2D eigenvalue weighted by Gasteiger charge is -2.47. The van der Waals surface area contributed by atoms with E-state index in [1.807, 2.05) is 6.92 Å². The van der Waals surface area contributed by atoms with Crippen molar-refractivity contribution in [2.75, 3.05) is 53.6 Å². The van der Waals surface area contributed by atoms with Gasteiger partial charge in [0.2, 0.25) is 5.91 Å². The molecule has 18 atom stereocenters. The van der Waals surface area contributed by atoms with Crippen LogP contribution in [0.5, 0.6) is 0 Å². The minimum Gasteiger partial charge on any atom is -0.456 e. The van der Waals surface area contributed by atoms with E-state index in [2.05, 4.69) is 24.3 Å². The van der Waals surface area contributed by atoms with Crippen LogP contribution in [-0.2, 0) is 95.1 Å². The number of rotatable bonds is 44. The standard InChI is InChI=1S/C64H110N2O25/c1-9-10-32-48(46(73)31-25-20-17-19-24-30-45(72)29-23-18-15-13-11-12-14-16-21-26-33-52(75)65-34-27-22-28-35-66(7)8)88-63-59(91-62-55(78)57(85-42(4)69)50(38-81-62)83-40(2)67)56(47(74)36-79-63)90-61-54(77)53(76)49(37-80-61)89-64-60(87-44(6)71)58(86-43(5)70)51(39-82-64)84-41(3)68/h46-51,53-64,73-74,76-78H,9-39H2,1-8H3,(H,65,75)/t46-,47+,48-,49+,50-,51-,53-,54+,55+,56-,57-,58-,59+,60+,61-,62-,63-,64-/m0/s1. The Morgan fingerprint density at radius 2 is 0.912 bits per heavy atom. The van der Waals surface area contributed by atoms with Crippen molar-refractivity contribution in [2.45, 2.75) is 313 Å². The molecule has 4 saturated heterocycles. The summed E-state index contributed by atoms with van der Waals surface area (Å²) in [6.45, 7) is 7.48. The van der Waals surface area contributed by atoms with E-state index in [-0.39, 0.29) is 11.7 Å². The van der Waals surface area contributed by atoms with Crippen LogP contribution in [0.25, 0.3) is 0 Å². The molecule has 0 aromatic carbocycles. The summed E-state index contributed by atoms with van der Waals surface area (Å²) in [5.41, 5.74) is 0. The van der Waals surface area contributed by atoms with Gasteiger partial charge in [-0.1, -0.05) is 103 Å². The summed E-state index contributed by atoms with van der Waals surface area (Å²) >= 11 is 0. The Bertz CT molecular complexity index is 2130. The largest absolute Gasteiger partial charge is 0.456 e. The maximum atomic E-state index is 12.7. The predicted octanol–water partition coefficient (Wildman–Crippen LogP) is 4.43. The zero-order chi connectivity index (χ0) is 66.8. The van der Waals surface area contributed by atoms with E-state index in [1.54, 1.807) is 0 Å². The van der Waals surface area contributed by atoms with Gasteiger partial charge in [0, 0.05) is 60.4 Å². The molecule has 0 aromatic heterocycles. The number of nitrogens with zero attached hydrogens (tertiary/aromatic N) is 1. The van der Waals surface area contributed by atoms with E-state index in [0.717, 1.165) is 138 Å². The molecule has 1 amide bonds. The van der Waals surface area contributed by atoms with Gasteiger partial charge >= 0.3 is 29.8 Å². The molecule has 6 N–H and O–H groups in total. The van der Waals surface area contributed by atoms with Gasteiger partial charge in [0.25, 0.3) is 0 Å². The summed E-state index contributed by atoms with van der Waals surface area (Å²) in [5, 5.41) is 61.2. The van der Waals surface area contributed by atoms with E-state index in [4.69, 9.17) is 61.6 Å². The van der Waals surface area contributed by atoms with Crippen molar-refractivity contribution < 1.29 is 121 Å². The number of esters is 5. The van der Waals surface area contributed by atoms with Gasteiger partial charge in [0.1, 0.15) is 48.5 Å². The van der Waals surface area contributed by atoms with E-state index in [1.165, 1.54) is 25.7 Å². The highest BCUT2D eigenvalue weighted by molar-refractivity contribution is 5.78. The minimum absolute atomic E-state index is 0.165. The molecule has 4 fully saturated rings. The van der Waals surface area contributed by atoms with Crippen molar-refractivity contribution in [1.82, 2.24) is 10.2 Å².